The topological polar surface area (TPSA) is 46.2 Å². The third-order valence-corrected chi connectivity index (χ3v) is 5.52. The van der Waals surface area contributed by atoms with Crippen molar-refractivity contribution in [3.8, 4) is 0 Å². The lowest BCUT2D eigenvalue weighted by molar-refractivity contribution is 0.476. The fourth-order valence-electron chi connectivity index (χ4n) is 1.91. The molecule has 3 nitrogen and oxygen atoms in total. The monoisotopic (exact) mass is 369 g/mol. The summed E-state index contributed by atoms with van der Waals surface area (Å²) < 4.78 is 40.7. The van der Waals surface area contributed by atoms with Crippen molar-refractivity contribution in [2.75, 3.05) is 12.4 Å². The predicted octanol–water partition coefficient (Wildman–Crippen LogP) is 3.28. The van der Waals surface area contributed by atoms with Crippen molar-refractivity contribution < 1.29 is 12.8 Å². The van der Waals surface area contributed by atoms with Crippen LogP contribution in [0.3, 0.4) is 0 Å². The van der Waals surface area contributed by atoms with Crippen LogP contribution in [0.2, 0.25) is 0 Å². The van der Waals surface area contributed by atoms with Gasteiger partial charge in [0.15, 0.2) is 0 Å². The molecule has 0 saturated heterocycles. The van der Waals surface area contributed by atoms with Crippen LogP contribution in [0.4, 0.5) is 4.39 Å². The first kappa shape index (κ1) is 15.2. The number of nitrogens with one attached hydrogen (secondary N) is 1. The van der Waals surface area contributed by atoms with Gasteiger partial charge in [-0.2, -0.15) is 0 Å². The molecule has 0 bridgehead atoms. The van der Waals surface area contributed by atoms with Gasteiger partial charge in [0.2, 0.25) is 10.0 Å². The fourth-order valence-corrected chi connectivity index (χ4v) is 3.86. The molecule has 0 amide bonds. The maximum atomic E-state index is 13.7. The van der Waals surface area contributed by atoms with E-state index in [1.807, 2.05) is 0 Å². The Bertz CT molecular complexity index is 575. The third kappa shape index (κ3) is 3.68. The van der Waals surface area contributed by atoms with E-state index in [2.05, 4.69) is 20.7 Å². The largest absolute Gasteiger partial charge is 0.243 e. The minimum absolute atomic E-state index is 0.0271. The maximum Gasteiger partial charge on any atom is 0.243 e. The number of rotatable bonds is 6. The molecule has 0 radical (unpaired) electrons. The van der Waals surface area contributed by atoms with E-state index in [-0.39, 0.29) is 10.3 Å². The highest BCUT2D eigenvalue weighted by molar-refractivity contribution is 9.10. The summed E-state index contributed by atoms with van der Waals surface area (Å²) in [6.45, 7) is 0.317. The van der Waals surface area contributed by atoms with Gasteiger partial charge in [-0.15, -0.1) is 11.6 Å². The number of hydrogen-bond acceptors (Lipinski definition) is 2. The van der Waals surface area contributed by atoms with Gasteiger partial charge in [-0.05, 0) is 42.9 Å². The molecule has 2 rings (SSSR count). The van der Waals surface area contributed by atoms with Crippen molar-refractivity contribution in [3.63, 3.8) is 0 Å². The van der Waals surface area contributed by atoms with Gasteiger partial charge in [0, 0.05) is 16.9 Å². The van der Waals surface area contributed by atoms with Crippen molar-refractivity contribution >= 4 is 37.6 Å². The van der Waals surface area contributed by atoms with Crippen molar-refractivity contribution in [1.29, 1.82) is 0 Å². The molecule has 0 unspecified atom stereocenters. The first-order chi connectivity index (χ1) is 8.88. The summed E-state index contributed by atoms with van der Waals surface area (Å²) in [7, 11) is -3.81. The summed E-state index contributed by atoms with van der Waals surface area (Å²) in [5, 5.41) is 0. The van der Waals surface area contributed by atoms with Gasteiger partial charge in [-0.1, -0.05) is 15.9 Å². The van der Waals surface area contributed by atoms with E-state index < -0.39 is 15.8 Å². The first-order valence-corrected chi connectivity index (χ1v) is 8.70. The van der Waals surface area contributed by atoms with Crippen molar-refractivity contribution in [2.45, 2.75) is 24.2 Å². The predicted molar refractivity (Wildman–Crippen MR) is 76.3 cm³/mol. The normalized spacial score (nSPS) is 17.4. The van der Waals surface area contributed by atoms with Crippen LogP contribution in [0.25, 0.3) is 0 Å². The van der Waals surface area contributed by atoms with Crippen LogP contribution in [0, 0.1) is 11.2 Å². The lowest BCUT2D eigenvalue weighted by Crippen LogP contribution is -2.31. The third-order valence-electron chi connectivity index (χ3n) is 3.40. The smallest absolute Gasteiger partial charge is 0.211 e. The van der Waals surface area contributed by atoms with E-state index in [9.17, 15) is 12.8 Å². The highest BCUT2D eigenvalue weighted by Crippen LogP contribution is 2.48. The summed E-state index contributed by atoms with van der Waals surface area (Å²) in [6.07, 6.45) is 2.70. The van der Waals surface area contributed by atoms with Crippen molar-refractivity contribution in [3.05, 3.63) is 28.5 Å². The molecule has 0 aliphatic heterocycles. The Hall–Kier alpha value is -0.170. The van der Waals surface area contributed by atoms with Crippen molar-refractivity contribution in [1.82, 2.24) is 4.72 Å². The Morgan fingerprint density at radius 3 is 2.63 bits per heavy atom. The van der Waals surface area contributed by atoms with Crippen LogP contribution in [-0.2, 0) is 10.0 Å². The van der Waals surface area contributed by atoms with E-state index in [4.69, 9.17) is 11.6 Å². The highest BCUT2D eigenvalue weighted by atomic mass is 79.9. The molecule has 1 aromatic carbocycles. The Balaban J connectivity index is 2.10. The van der Waals surface area contributed by atoms with Crippen LogP contribution in [0.15, 0.2) is 27.6 Å². The molecule has 7 heteroatoms. The Kier molecular flexibility index (Phi) is 4.55. The molecular formula is C12H14BrClFNO2S. The molecule has 106 valence electrons. The molecule has 1 fully saturated rings. The van der Waals surface area contributed by atoms with Gasteiger partial charge >= 0.3 is 0 Å². The summed E-state index contributed by atoms with van der Waals surface area (Å²) in [6, 6.07) is 3.90. The number of halogens is 3. The zero-order valence-corrected chi connectivity index (χ0v) is 13.3. The number of alkyl halides is 1. The molecular weight excluding hydrogens is 357 g/mol. The molecule has 19 heavy (non-hydrogen) atoms. The van der Waals surface area contributed by atoms with Crippen LogP contribution in [0.5, 0.6) is 0 Å². The SMILES string of the molecule is O=S(=O)(NCC1(CCCl)CC1)c1ccc(Br)cc1F. The zero-order valence-electron chi connectivity index (χ0n) is 10.1. The van der Waals surface area contributed by atoms with Crippen LogP contribution in [-0.4, -0.2) is 20.8 Å². The van der Waals surface area contributed by atoms with E-state index in [0.29, 0.717) is 16.9 Å². The zero-order chi connectivity index (χ0) is 14.1. The summed E-state index contributed by atoms with van der Waals surface area (Å²) >= 11 is 8.79. The van der Waals surface area contributed by atoms with E-state index in [1.54, 1.807) is 0 Å². The second kappa shape index (κ2) is 5.68. The van der Waals surface area contributed by atoms with E-state index in [0.717, 1.165) is 25.3 Å². The summed E-state index contributed by atoms with van der Waals surface area (Å²) in [5.41, 5.74) is -0.0271. The summed E-state index contributed by atoms with van der Waals surface area (Å²) in [5.74, 6) is -0.252. The molecule has 1 N–H and O–H groups in total. The lowest BCUT2D eigenvalue weighted by atomic mass is 10.1. The highest BCUT2D eigenvalue weighted by Gasteiger charge is 2.42. The second-order valence-electron chi connectivity index (χ2n) is 4.84. The Morgan fingerprint density at radius 1 is 1.42 bits per heavy atom. The average molecular weight is 371 g/mol. The molecule has 0 aromatic heterocycles. The second-order valence-corrected chi connectivity index (χ2v) is 7.87. The van der Waals surface area contributed by atoms with Crippen molar-refractivity contribution in [2.24, 2.45) is 5.41 Å². The molecule has 1 saturated carbocycles. The standard InChI is InChI=1S/C12H14BrClFNO2S/c13-9-1-2-11(10(15)7-9)19(17,18)16-8-12(3-4-12)5-6-14/h1-2,7,16H,3-6,8H2. The number of sulfonamides is 1. The van der Waals surface area contributed by atoms with Crippen LogP contribution < -0.4 is 4.72 Å². The van der Waals surface area contributed by atoms with Gasteiger partial charge in [0.25, 0.3) is 0 Å². The Morgan fingerprint density at radius 2 is 2.11 bits per heavy atom. The first-order valence-electron chi connectivity index (χ1n) is 5.89. The molecule has 1 aliphatic carbocycles. The van der Waals surface area contributed by atoms with E-state index in [1.165, 1.54) is 12.1 Å². The molecule has 1 aromatic rings. The van der Waals surface area contributed by atoms with Gasteiger partial charge in [-0.25, -0.2) is 17.5 Å². The van der Waals surface area contributed by atoms with Gasteiger partial charge < -0.3 is 0 Å². The fraction of sp³-hybridized carbons (Fsp3) is 0.500. The number of benzene rings is 1. The minimum Gasteiger partial charge on any atom is -0.211 e. The quantitative estimate of drug-likeness (QED) is 0.781. The molecule has 0 spiro atoms. The van der Waals surface area contributed by atoms with Crippen LogP contribution in [0.1, 0.15) is 19.3 Å². The summed E-state index contributed by atoms with van der Waals surface area (Å²) in [4.78, 5) is -0.322. The lowest BCUT2D eigenvalue weighted by Gasteiger charge is -2.15. The Labute approximate surface area is 125 Å². The minimum atomic E-state index is -3.81. The van der Waals surface area contributed by atoms with Gasteiger partial charge in [0.05, 0.1) is 0 Å². The number of hydrogen-bond donors (Lipinski definition) is 1. The molecule has 0 heterocycles. The average Bonchev–Trinajstić information content (AvgIpc) is 3.07. The van der Waals surface area contributed by atoms with Gasteiger partial charge in [-0.3, -0.25) is 0 Å². The maximum absolute atomic E-state index is 13.7. The molecule has 1 aliphatic rings. The van der Waals surface area contributed by atoms with Gasteiger partial charge in [0.1, 0.15) is 10.7 Å². The van der Waals surface area contributed by atoms with E-state index >= 15 is 0 Å². The van der Waals surface area contributed by atoms with Crippen LogP contribution >= 0.6 is 27.5 Å². The molecule has 0 atom stereocenters.